The summed E-state index contributed by atoms with van der Waals surface area (Å²) in [7, 11) is 0. The zero-order chi connectivity index (χ0) is 32.3. The Kier molecular flexibility index (Phi) is 6.32. The summed E-state index contributed by atoms with van der Waals surface area (Å²) in [5, 5.41) is 8.31. The highest BCUT2D eigenvalue weighted by molar-refractivity contribution is 7.26. The number of aromatic nitrogens is 4. The minimum Gasteiger partial charge on any atom is -0.255 e. The van der Waals surface area contributed by atoms with Gasteiger partial charge in [-0.15, -0.1) is 11.3 Å². The molecule has 5 heteroatoms. The van der Waals surface area contributed by atoms with Crippen molar-refractivity contribution in [3.63, 3.8) is 0 Å². The quantitative estimate of drug-likeness (QED) is 0.192. The maximum absolute atomic E-state index is 5.10. The molecule has 0 bridgehead atoms. The summed E-state index contributed by atoms with van der Waals surface area (Å²) < 4.78 is 2.41. The van der Waals surface area contributed by atoms with Crippen LogP contribution in [0.5, 0.6) is 0 Å². The SMILES string of the molecule is c1ccc2cc(-c3ccc(-c4nc(-c5ccc6ccccc6c5)nc(-c5ccc6ccc7c8ncccc8sc7c6c5)n4)cc3)ccc2c1. The number of nitrogens with zero attached hydrogens (tertiary/aromatic N) is 4. The van der Waals surface area contributed by atoms with Crippen LogP contribution in [0.15, 0.2) is 158 Å². The van der Waals surface area contributed by atoms with Gasteiger partial charge in [-0.25, -0.2) is 15.0 Å². The third kappa shape index (κ3) is 4.83. The van der Waals surface area contributed by atoms with Gasteiger partial charge in [-0.1, -0.05) is 121 Å². The molecule has 0 spiro atoms. The van der Waals surface area contributed by atoms with Gasteiger partial charge in [0.2, 0.25) is 0 Å². The highest BCUT2D eigenvalue weighted by atomic mass is 32.1. The van der Waals surface area contributed by atoms with E-state index in [1.807, 2.05) is 12.3 Å². The molecule has 228 valence electrons. The van der Waals surface area contributed by atoms with E-state index >= 15 is 0 Å². The van der Waals surface area contributed by atoms with Gasteiger partial charge >= 0.3 is 0 Å². The first-order valence-electron chi connectivity index (χ1n) is 16.3. The second-order valence-corrected chi connectivity index (χ2v) is 13.4. The van der Waals surface area contributed by atoms with Crippen molar-refractivity contribution in [2.45, 2.75) is 0 Å². The maximum Gasteiger partial charge on any atom is 0.164 e. The van der Waals surface area contributed by atoms with Crippen LogP contribution in [-0.2, 0) is 0 Å². The fraction of sp³-hybridized carbons (Fsp3) is 0. The smallest absolute Gasteiger partial charge is 0.164 e. The Bertz CT molecular complexity index is 2890. The number of pyridine rings is 1. The van der Waals surface area contributed by atoms with Crippen molar-refractivity contribution in [2.24, 2.45) is 0 Å². The number of rotatable bonds is 4. The fourth-order valence-electron chi connectivity index (χ4n) is 6.79. The molecule has 0 fully saturated rings. The van der Waals surface area contributed by atoms with Crippen LogP contribution < -0.4 is 0 Å². The van der Waals surface area contributed by atoms with E-state index in [0.29, 0.717) is 17.5 Å². The molecule has 0 aliphatic heterocycles. The van der Waals surface area contributed by atoms with Gasteiger partial charge in [0.15, 0.2) is 17.5 Å². The third-order valence-electron chi connectivity index (χ3n) is 9.34. The molecule has 0 saturated carbocycles. The normalized spacial score (nSPS) is 11.7. The average molecular weight is 643 g/mol. The van der Waals surface area contributed by atoms with Gasteiger partial charge in [0.1, 0.15) is 0 Å². The first-order valence-corrected chi connectivity index (χ1v) is 17.1. The Morgan fingerprint density at radius 1 is 0.367 bits per heavy atom. The summed E-state index contributed by atoms with van der Waals surface area (Å²) in [6.07, 6.45) is 1.87. The molecule has 0 N–H and O–H groups in total. The number of hydrogen-bond acceptors (Lipinski definition) is 5. The lowest BCUT2D eigenvalue weighted by Gasteiger charge is -2.11. The minimum absolute atomic E-state index is 0.641. The van der Waals surface area contributed by atoms with E-state index in [9.17, 15) is 0 Å². The zero-order valence-corrected chi connectivity index (χ0v) is 27.0. The van der Waals surface area contributed by atoms with E-state index in [2.05, 4.69) is 151 Å². The van der Waals surface area contributed by atoms with Crippen LogP contribution in [0.3, 0.4) is 0 Å². The highest BCUT2D eigenvalue weighted by Gasteiger charge is 2.15. The molecule has 0 unspecified atom stereocenters. The van der Waals surface area contributed by atoms with E-state index in [1.54, 1.807) is 11.3 Å². The van der Waals surface area contributed by atoms with Crippen molar-refractivity contribution < 1.29 is 0 Å². The summed E-state index contributed by atoms with van der Waals surface area (Å²) in [5.41, 5.74) is 6.21. The minimum atomic E-state index is 0.641. The topological polar surface area (TPSA) is 51.6 Å². The molecule has 3 aromatic heterocycles. The Hall–Kier alpha value is -6.30. The number of thiophene rings is 1. The van der Waals surface area contributed by atoms with Crippen LogP contribution in [0.4, 0.5) is 0 Å². The first kappa shape index (κ1) is 27.8. The van der Waals surface area contributed by atoms with Crippen LogP contribution in [0.2, 0.25) is 0 Å². The second-order valence-electron chi connectivity index (χ2n) is 12.3. The van der Waals surface area contributed by atoms with Crippen molar-refractivity contribution >= 4 is 64.0 Å². The summed E-state index contributed by atoms with van der Waals surface area (Å²) >= 11 is 1.78. The molecule has 10 aromatic rings. The lowest BCUT2D eigenvalue weighted by molar-refractivity contribution is 1.08. The summed E-state index contributed by atoms with van der Waals surface area (Å²) in [6, 6.07) is 53.4. The molecule has 0 atom stereocenters. The highest BCUT2D eigenvalue weighted by Crippen LogP contribution is 2.39. The Labute approximate surface area is 286 Å². The standard InChI is InChI=1S/C44H26N4S/c1-3-8-32-24-34(18-13-27(32)6-1)29-11-16-31(17-12-29)42-46-43(35-19-14-28-7-2-4-9-33(28)25-35)48-44(47-42)36-20-15-30-21-22-37-40-39(10-5-23-45-40)49-41(37)38(30)26-36/h1-26H. The van der Waals surface area contributed by atoms with Crippen LogP contribution in [0.25, 0.3) is 97.9 Å². The fourth-order valence-corrected chi connectivity index (χ4v) is 7.97. The van der Waals surface area contributed by atoms with Crippen LogP contribution in [0, 0.1) is 0 Å². The van der Waals surface area contributed by atoms with E-state index in [0.717, 1.165) is 33.2 Å². The molecule has 4 nitrogen and oxygen atoms in total. The van der Waals surface area contributed by atoms with E-state index in [-0.39, 0.29) is 0 Å². The van der Waals surface area contributed by atoms with Crippen molar-refractivity contribution in [3.8, 4) is 45.3 Å². The lowest BCUT2D eigenvalue weighted by Crippen LogP contribution is -2.00. The van der Waals surface area contributed by atoms with Gasteiger partial charge in [-0.3, -0.25) is 4.98 Å². The summed E-state index contributed by atoms with van der Waals surface area (Å²) in [6.45, 7) is 0. The third-order valence-corrected chi connectivity index (χ3v) is 10.5. The van der Waals surface area contributed by atoms with Gasteiger partial charge in [0, 0.05) is 38.4 Å². The predicted octanol–water partition coefficient (Wildman–Crippen LogP) is 11.8. The molecule has 0 saturated heterocycles. The molecule has 0 radical (unpaired) electrons. The van der Waals surface area contributed by atoms with Gasteiger partial charge < -0.3 is 0 Å². The van der Waals surface area contributed by atoms with Crippen LogP contribution >= 0.6 is 11.3 Å². The average Bonchev–Trinajstić information content (AvgIpc) is 3.56. The largest absolute Gasteiger partial charge is 0.255 e. The zero-order valence-electron chi connectivity index (χ0n) is 26.2. The maximum atomic E-state index is 5.10. The number of benzene rings is 7. The molecule has 10 rings (SSSR count). The number of fused-ring (bicyclic) bond motifs is 7. The van der Waals surface area contributed by atoms with Gasteiger partial charge in [-0.2, -0.15) is 0 Å². The summed E-state index contributed by atoms with van der Waals surface area (Å²) in [5.74, 6) is 1.93. The van der Waals surface area contributed by atoms with Crippen molar-refractivity contribution in [1.82, 2.24) is 19.9 Å². The molecule has 0 amide bonds. The van der Waals surface area contributed by atoms with E-state index < -0.39 is 0 Å². The Morgan fingerprint density at radius 3 is 1.61 bits per heavy atom. The molecular weight excluding hydrogens is 617 g/mol. The monoisotopic (exact) mass is 642 g/mol. The Balaban J connectivity index is 1.13. The molecular formula is C44H26N4S. The van der Waals surface area contributed by atoms with E-state index in [1.165, 1.54) is 47.3 Å². The molecule has 49 heavy (non-hydrogen) atoms. The van der Waals surface area contributed by atoms with Crippen molar-refractivity contribution in [2.75, 3.05) is 0 Å². The number of hydrogen-bond donors (Lipinski definition) is 0. The molecule has 0 aliphatic rings. The van der Waals surface area contributed by atoms with Crippen LogP contribution in [-0.4, -0.2) is 19.9 Å². The molecule has 0 aliphatic carbocycles. The predicted molar refractivity (Wildman–Crippen MR) is 205 cm³/mol. The van der Waals surface area contributed by atoms with E-state index in [4.69, 9.17) is 15.0 Å². The first-order chi connectivity index (χ1) is 24.2. The van der Waals surface area contributed by atoms with Gasteiger partial charge in [0.05, 0.1) is 10.2 Å². The molecule has 7 aromatic carbocycles. The summed E-state index contributed by atoms with van der Waals surface area (Å²) in [4.78, 5) is 19.9. The van der Waals surface area contributed by atoms with Crippen LogP contribution in [0.1, 0.15) is 0 Å². The van der Waals surface area contributed by atoms with Gasteiger partial charge in [0.25, 0.3) is 0 Å². The van der Waals surface area contributed by atoms with Crippen molar-refractivity contribution in [3.05, 3.63) is 158 Å². The lowest BCUT2D eigenvalue weighted by atomic mass is 10.00. The second kappa shape index (κ2) is 11.2. The van der Waals surface area contributed by atoms with Gasteiger partial charge in [-0.05, 0) is 68.4 Å². The van der Waals surface area contributed by atoms with Crippen molar-refractivity contribution in [1.29, 1.82) is 0 Å². The Morgan fingerprint density at radius 2 is 0.898 bits per heavy atom. The molecule has 3 heterocycles.